The Labute approximate surface area is 112 Å². The molecule has 1 fully saturated rings. The molecular weight excluding hydrogens is 242 g/mol. The quantitative estimate of drug-likeness (QED) is 0.869. The van der Waals surface area contributed by atoms with Gasteiger partial charge in [-0.2, -0.15) is 0 Å². The van der Waals surface area contributed by atoms with Crippen molar-refractivity contribution in [2.75, 3.05) is 33.3 Å². The SMILES string of the molecule is COc1cc(CN2CCNCC2)cc2nnc(C)n12. The van der Waals surface area contributed by atoms with Crippen molar-refractivity contribution in [3.63, 3.8) is 0 Å². The van der Waals surface area contributed by atoms with Crippen molar-refractivity contribution in [1.82, 2.24) is 24.8 Å². The zero-order valence-corrected chi connectivity index (χ0v) is 11.4. The summed E-state index contributed by atoms with van der Waals surface area (Å²) in [4.78, 5) is 2.44. The first-order chi connectivity index (χ1) is 9.28. The largest absolute Gasteiger partial charge is 0.482 e. The van der Waals surface area contributed by atoms with Crippen LogP contribution < -0.4 is 10.1 Å². The van der Waals surface area contributed by atoms with Crippen LogP contribution in [0.3, 0.4) is 0 Å². The number of ether oxygens (including phenoxy) is 1. The number of methoxy groups -OCH3 is 1. The summed E-state index contributed by atoms with van der Waals surface area (Å²) in [6.07, 6.45) is 0. The molecule has 102 valence electrons. The molecule has 1 saturated heterocycles. The minimum absolute atomic E-state index is 0.796. The lowest BCUT2D eigenvalue weighted by molar-refractivity contribution is 0.233. The summed E-state index contributed by atoms with van der Waals surface area (Å²) in [7, 11) is 1.68. The second kappa shape index (κ2) is 5.14. The van der Waals surface area contributed by atoms with E-state index in [2.05, 4.69) is 32.5 Å². The molecule has 6 heteroatoms. The third-order valence-electron chi connectivity index (χ3n) is 3.52. The highest BCUT2D eigenvalue weighted by Crippen LogP contribution is 2.19. The molecule has 19 heavy (non-hydrogen) atoms. The Morgan fingerprint density at radius 3 is 2.79 bits per heavy atom. The van der Waals surface area contributed by atoms with Gasteiger partial charge in [0.1, 0.15) is 5.82 Å². The van der Waals surface area contributed by atoms with Crippen molar-refractivity contribution >= 4 is 5.65 Å². The number of hydrogen-bond donors (Lipinski definition) is 1. The summed E-state index contributed by atoms with van der Waals surface area (Å²) < 4.78 is 7.38. The molecule has 6 nitrogen and oxygen atoms in total. The number of aromatic nitrogens is 3. The smallest absolute Gasteiger partial charge is 0.200 e. The van der Waals surface area contributed by atoms with Crippen molar-refractivity contribution in [1.29, 1.82) is 0 Å². The Balaban J connectivity index is 1.91. The van der Waals surface area contributed by atoms with Crippen LogP contribution in [0.2, 0.25) is 0 Å². The van der Waals surface area contributed by atoms with Gasteiger partial charge in [0, 0.05) is 38.8 Å². The maximum Gasteiger partial charge on any atom is 0.200 e. The summed E-state index contributed by atoms with van der Waals surface area (Å²) >= 11 is 0. The number of fused-ring (bicyclic) bond motifs is 1. The molecule has 0 atom stereocenters. The predicted octanol–water partition coefficient (Wildman–Crippen LogP) is 0.452. The van der Waals surface area contributed by atoms with Crippen LogP contribution in [0.25, 0.3) is 5.65 Å². The van der Waals surface area contributed by atoms with E-state index in [0.29, 0.717) is 0 Å². The average Bonchev–Trinajstić information content (AvgIpc) is 2.81. The lowest BCUT2D eigenvalue weighted by atomic mass is 10.2. The fourth-order valence-electron chi connectivity index (χ4n) is 2.54. The highest BCUT2D eigenvalue weighted by molar-refractivity contribution is 5.46. The Morgan fingerprint density at radius 1 is 1.26 bits per heavy atom. The number of nitrogens with zero attached hydrogens (tertiary/aromatic N) is 4. The van der Waals surface area contributed by atoms with E-state index in [-0.39, 0.29) is 0 Å². The maximum atomic E-state index is 5.45. The van der Waals surface area contributed by atoms with Gasteiger partial charge in [-0.05, 0) is 18.6 Å². The normalized spacial score (nSPS) is 16.9. The molecule has 3 rings (SSSR count). The van der Waals surface area contributed by atoms with E-state index in [1.54, 1.807) is 7.11 Å². The van der Waals surface area contributed by atoms with Gasteiger partial charge in [0.2, 0.25) is 5.88 Å². The highest BCUT2D eigenvalue weighted by atomic mass is 16.5. The second-order valence-corrected chi connectivity index (χ2v) is 4.87. The lowest BCUT2D eigenvalue weighted by Gasteiger charge is -2.27. The number of nitrogens with one attached hydrogen (secondary N) is 1. The summed E-state index contributed by atoms with van der Waals surface area (Å²) in [6, 6.07) is 4.16. The van der Waals surface area contributed by atoms with Crippen LogP contribution in [0, 0.1) is 6.92 Å². The van der Waals surface area contributed by atoms with Crippen LogP contribution in [-0.2, 0) is 6.54 Å². The molecule has 1 aliphatic rings. The fraction of sp³-hybridized carbons (Fsp3) is 0.538. The van der Waals surface area contributed by atoms with E-state index >= 15 is 0 Å². The molecule has 0 aliphatic carbocycles. The van der Waals surface area contributed by atoms with Crippen LogP contribution in [0.5, 0.6) is 5.88 Å². The van der Waals surface area contributed by atoms with Crippen LogP contribution in [-0.4, -0.2) is 52.8 Å². The molecule has 0 radical (unpaired) electrons. The molecule has 1 aliphatic heterocycles. The predicted molar refractivity (Wildman–Crippen MR) is 72.4 cm³/mol. The molecule has 0 unspecified atom stereocenters. The van der Waals surface area contributed by atoms with E-state index in [9.17, 15) is 0 Å². The van der Waals surface area contributed by atoms with Gasteiger partial charge < -0.3 is 10.1 Å². The van der Waals surface area contributed by atoms with E-state index in [1.807, 2.05) is 11.3 Å². The van der Waals surface area contributed by atoms with Gasteiger partial charge in [-0.25, -0.2) is 4.40 Å². The van der Waals surface area contributed by atoms with Crippen LogP contribution in [0.1, 0.15) is 11.4 Å². The van der Waals surface area contributed by atoms with Gasteiger partial charge in [-0.15, -0.1) is 10.2 Å². The Bertz CT molecular complexity index is 574. The highest BCUT2D eigenvalue weighted by Gasteiger charge is 2.13. The molecule has 2 aromatic heterocycles. The standard InChI is InChI=1S/C13H19N5O/c1-10-15-16-12-7-11(8-13(19-2)18(10)12)9-17-5-3-14-4-6-17/h7-8,14H,3-6,9H2,1-2H3. The molecular formula is C13H19N5O. The minimum Gasteiger partial charge on any atom is -0.482 e. The van der Waals surface area contributed by atoms with Gasteiger partial charge in [0.05, 0.1) is 7.11 Å². The van der Waals surface area contributed by atoms with Gasteiger partial charge in [-0.3, -0.25) is 4.90 Å². The first kappa shape index (κ1) is 12.4. The molecule has 0 spiro atoms. The number of piperazine rings is 1. The fourth-order valence-corrected chi connectivity index (χ4v) is 2.54. The van der Waals surface area contributed by atoms with Crippen LogP contribution in [0.4, 0.5) is 0 Å². The molecule has 1 N–H and O–H groups in total. The Morgan fingerprint density at radius 2 is 2.05 bits per heavy atom. The maximum absolute atomic E-state index is 5.45. The number of hydrogen-bond acceptors (Lipinski definition) is 5. The summed E-state index contributed by atoms with van der Waals surface area (Å²) in [5.41, 5.74) is 2.07. The zero-order chi connectivity index (χ0) is 13.2. The Hall–Kier alpha value is -1.66. The van der Waals surface area contributed by atoms with Gasteiger partial charge in [-0.1, -0.05) is 0 Å². The number of aryl methyl sites for hydroxylation is 1. The monoisotopic (exact) mass is 261 g/mol. The van der Waals surface area contributed by atoms with E-state index in [1.165, 1.54) is 5.56 Å². The summed E-state index contributed by atoms with van der Waals surface area (Å²) in [5.74, 6) is 1.64. The van der Waals surface area contributed by atoms with Crippen molar-refractivity contribution in [3.05, 3.63) is 23.5 Å². The van der Waals surface area contributed by atoms with Crippen molar-refractivity contribution in [3.8, 4) is 5.88 Å². The molecule has 0 aromatic carbocycles. The topological polar surface area (TPSA) is 54.7 Å². The first-order valence-electron chi connectivity index (χ1n) is 6.59. The van der Waals surface area contributed by atoms with E-state index in [0.717, 1.165) is 50.1 Å². The lowest BCUT2D eigenvalue weighted by Crippen LogP contribution is -2.42. The van der Waals surface area contributed by atoms with Gasteiger partial charge in [0.15, 0.2) is 5.65 Å². The summed E-state index contributed by atoms with van der Waals surface area (Å²) in [6.45, 7) is 7.14. The van der Waals surface area contributed by atoms with Gasteiger partial charge in [0.25, 0.3) is 0 Å². The summed E-state index contributed by atoms with van der Waals surface area (Å²) in [5, 5.41) is 11.6. The minimum atomic E-state index is 0.796. The third kappa shape index (κ3) is 2.41. The van der Waals surface area contributed by atoms with Gasteiger partial charge >= 0.3 is 0 Å². The Kier molecular flexibility index (Phi) is 3.35. The molecule has 0 amide bonds. The third-order valence-corrected chi connectivity index (χ3v) is 3.52. The zero-order valence-electron chi connectivity index (χ0n) is 11.4. The molecule has 0 bridgehead atoms. The first-order valence-corrected chi connectivity index (χ1v) is 6.59. The number of rotatable bonds is 3. The van der Waals surface area contributed by atoms with E-state index < -0.39 is 0 Å². The van der Waals surface area contributed by atoms with Crippen molar-refractivity contribution in [2.24, 2.45) is 0 Å². The van der Waals surface area contributed by atoms with Crippen LogP contribution >= 0.6 is 0 Å². The average molecular weight is 261 g/mol. The number of pyridine rings is 1. The van der Waals surface area contributed by atoms with E-state index in [4.69, 9.17) is 4.74 Å². The molecule has 0 saturated carbocycles. The van der Waals surface area contributed by atoms with Crippen molar-refractivity contribution in [2.45, 2.75) is 13.5 Å². The van der Waals surface area contributed by atoms with Crippen molar-refractivity contribution < 1.29 is 4.74 Å². The molecule has 2 aromatic rings. The second-order valence-electron chi connectivity index (χ2n) is 4.87. The van der Waals surface area contributed by atoms with Crippen LogP contribution in [0.15, 0.2) is 12.1 Å². The molecule has 3 heterocycles.